The fraction of sp³-hybridized carbons (Fsp3) is 0.364. The van der Waals surface area contributed by atoms with E-state index in [1.807, 2.05) is 0 Å². The molecule has 0 radical (unpaired) electrons. The standard InChI is InChI=1S/C22H26O/c23-15-7-2-1-4-8-18-11-12-22-17-21(14-13-20(22)16-18)19-9-5-3-6-10-19/h3,5-6,9-12,16-17,23H,1-2,4,7-8,13-15H2. The van der Waals surface area contributed by atoms with Crippen LogP contribution in [0, 0.1) is 0 Å². The van der Waals surface area contributed by atoms with Gasteiger partial charge in [-0.3, -0.25) is 0 Å². The Morgan fingerprint density at radius 1 is 0.826 bits per heavy atom. The van der Waals surface area contributed by atoms with E-state index in [-0.39, 0.29) is 0 Å². The average molecular weight is 306 g/mol. The van der Waals surface area contributed by atoms with E-state index >= 15 is 0 Å². The molecule has 3 rings (SSSR count). The van der Waals surface area contributed by atoms with Crippen molar-refractivity contribution >= 4 is 11.6 Å². The molecule has 1 aliphatic rings. The highest BCUT2D eigenvalue weighted by Gasteiger charge is 2.12. The zero-order valence-electron chi connectivity index (χ0n) is 13.8. The minimum atomic E-state index is 0.328. The van der Waals surface area contributed by atoms with Crippen LogP contribution >= 0.6 is 0 Å². The molecular weight excluding hydrogens is 280 g/mol. The maximum atomic E-state index is 8.81. The number of aliphatic hydroxyl groups is 1. The Balaban J connectivity index is 1.65. The van der Waals surface area contributed by atoms with Gasteiger partial charge in [0, 0.05) is 6.61 Å². The van der Waals surface area contributed by atoms with E-state index in [9.17, 15) is 0 Å². The molecule has 0 fully saturated rings. The first-order valence-electron chi connectivity index (χ1n) is 8.85. The summed E-state index contributed by atoms with van der Waals surface area (Å²) in [5.41, 5.74) is 7.15. The summed E-state index contributed by atoms with van der Waals surface area (Å²) in [6.07, 6.45) is 10.3. The quantitative estimate of drug-likeness (QED) is 0.691. The van der Waals surface area contributed by atoms with Crippen LogP contribution in [0.4, 0.5) is 0 Å². The van der Waals surface area contributed by atoms with Gasteiger partial charge in [-0.15, -0.1) is 0 Å². The molecule has 120 valence electrons. The van der Waals surface area contributed by atoms with Crippen molar-refractivity contribution in [1.82, 2.24) is 0 Å². The predicted molar refractivity (Wildman–Crippen MR) is 98.3 cm³/mol. The van der Waals surface area contributed by atoms with Gasteiger partial charge in [0.1, 0.15) is 0 Å². The fourth-order valence-corrected chi connectivity index (χ4v) is 3.38. The maximum absolute atomic E-state index is 8.81. The van der Waals surface area contributed by atoms with E-state index in [0.717, 1.165) is 32.1 Å². The van der Waals surface area contributed by atoms with Gasteiger partial charge in [-0.25, -0.2) is 0 Å². The van der Waals surface area contributed by atoms with Crippen LogP contribution in [0.15, 0.2) is 48.5 Å². The number of fused-ring (bicyclic) bond motifs is 1. The van der Waals surface area contributed by atoms with Crippen molar-refractivity contribution in [3.63, 3.8) is 0 Å². The molecule has 23 heavy (non-hydrogen) atoms. The molecule has 0 aromatic heterocycles. The Kier molecular flexibility index (Phi) is 5.65. The Morgan fingerprint density at radius 3 is 2.48 bits per heavy atom. The van der Waals surface area contributed by atoms with Gasteiger partial charge in [0.05, 0.1) is 0 Å². The Hall–Kier alpha value is -1.86. The van der Waals surface area contributed by atoms with Gasteiger partial charge >= 0.3 is 0 Å². The third kappa shape index (κ3) is 4.33. The lowest BCUT2D eigenvalue weighted by atomic mass is 9.87. The lowest BCUT2D eigenvalue weighted by Crippen LogP contribution is -2.00. The largest absolute Gasteiger partial charge is 0.396 e. The maximum Gasteiger partial charge on any atom is 0.0431 e. The summed E-state index contributed by atoms with van der Waals surface area (Å²) in [7, 11) is 0. The smallest absolute Gasteiger partial charge is 0.0431 e. The lowest BCUT2D eigenvalue weighted by molar-refractivity contribution is 0.282. The monoisotopic (exact) mass is 306 g/mol. The van der Waals surface area contributed by atoms with Crippen molar-refractivity contribution in [1.29, 1.82) is 0 Å². The second-order valence-corrected chi connectivity index (χ2v) is 6.46. The van der Waals surface area contributed by atoms with E-state index in [1.54, 1.807) is 0 Å². The van der Waals surface area contributed by atoms with Crippen LogP contribution in [0.5, 0.6) is 0 Å². The Labute approximate surface area is 139 Å². The van der Waals surface area contributed by atoms with Gasteiger partial charge in [0.2, 0.25) is 0 Å². The number of hydrogen-bond acceptors (Lipinski definition) is 1. The summed E-state index contributed by atoms with van der Waals surface area (Å²) in [5.74, 6) is 0. The Bertz CT molecular complexity index is 655. The normalized spacial score (nSPS) is 13.5. The molecule has 0 aliphatic heterocycles. The van der Waals surface area contributed by atoms with Crippen molar-refractivity contribution in [2.75, 3.05) is 6.61 Å². The summed E-state index contributed by atoms with van der Waals surface area (Å²) in [6.45, 7) is 0.328. The number of aryl methyl sites for hydroxylation is 2. The van der Waals surface area contributed by atoms with E-state index in [0.29, 0.717) is 6.61 Å². The zero-order valence-corrected chi connectivity index (χ0v) is 13.8. The molecule has 0 heterocycles. The van der Waals surface area contributed by atoms with E-state index in [1.165, 1.54) is 40.7 Å². The Morgan fingerprint density at radius 2 is 1.65 bits per heavy atom. The third-order valence-corrected chi connectivity index (χ3v) is 4.72. The number of rotatable bonds is 7. The molecule has 0 saturated heterocycles. The van der Waals surface area contributed by atoms with E-state index in [4.69, 9.17) is 5.11 Å². The first kappa shape index (κ1) is 16.0. The van der Waals surface area contributed by atoms with Crippen molar-refractivity contribution in [3.05, 3.63) is 70.8 Å². The number of benzene rings is 2. The number of allylic oxidation sites excluding steroid dienone is 1. The molecule has 1 nitrogen and oxygen atoms in total. The number of unbranched alkanes of at least 4 members (excludes halogenated alkanes) is 3. The first-order chi connectivity index (χ1) is 11.4. The summed E-state index contributed by atoms with van der Waals surface area (Å²) in [6, 6.07) is 17.7. The topological polar surface area (TPSA) is 20.2 Å². The number of aliphatic hydroxyl groups excluding tert-OH is 1. The lowest BCUT2D eigenvalue weighted by Gasteiger charge is -2.18. The van der Waals surface area contributed by atoms with E-state index < -0.39 is 0 Å². The van der Waals surface area contributed by atoms with Gasteiger partial charge in [-0.05, 0) is 59.9 Å². The summed E-state index contributed by atoms with van der Waals surface area (Å²) < 4.78 is 0. The van der Waals surface area contributed by atoms with Crippen LogP contribution in [0.2, 0.25) is 0 Å². The van der Waals surface area contributed by atoms with Crippen LogP contribution in [0.3, 0.4) is 0 Å². The van der Waals surface area contributed by atoms with Crippen LogP contribution in [0.1, 0.15) is 54.4 Å². The molecule has 1 N–H and O–H groups in total. The van der Waals surface area contributed by atoms with Gasteiger partial charge in [0.25, 0.3) is 0 Å². The molecule has 0 unspecified atom stereocenters. The van der Waals surface area contributed by atoms with Crippen LogP contribution in [0.25, 0.3) is 11.6 Å². The van der Waals surface area contributed by atoms with Gasteiger partial charge in [-0.2, -0.15) is 0 Å². The molecule has 0 saturated carbocycles. The molecule has 1 heteroatoms. The molecule has 1 aliphatic carbocycles. The second kappa shape index (κ2) is 8.12. The zero-order chi connectivity index (χ0) is 15.9. The first-order valence-corrected chi connectivity index (χ1v) is 8.85. The third-order valence-electron chi connectivity index (χ3n) is 4.72. The van der Waals surface area contributed by atoms with Crippen molar-refractivity contribution < 1.29 is 5.11 Å². The van der Waals surface area contributed by atoms with Crippen molar-refractivity contribution in [2.45, 2.75) is 44.9 Å². The SMILES string of the molecule is OCCCCCCc1ccc2c(c1)CCC(c1ccccc1)=C2. The summed E-state index contributed by atoms with van der Waals surface area (Å²) >= 11 is 0. The van der Waals surface area contributed by atoms with Gasteiger partial charge < -0.3 is 5.11 Å². The minimum absolute atomic E-state index is 0.328. The molecule has 0 bridgehead atoms. The molecule has 0 amide bonds. The molecule has 2 aromatic carbocycles. The van der Waals surface area contributed by atoms with E-state index in [2.05, 4.69) is 54.6 Å². The summed E-state index contributed by atoms with van der Waals surface area (Å²) in [5, 5.41) is 8.81. The highest BCUT2D eigenvalue weighted by Crippen LogP contribution is 2.31. The van der Waals surface area contributed by atoms with Gasteiger partial charge in [-0.1, -0.05) is 67.4 Å². The van der Waals surface area contributed by atoms with Crippen molar-refractivity contribution in [3.8, 4) is 0 Å². The fourth-order valence-electron chi connectivity index (χ4n) is 3.38. The van der Waals surface area contributed by atoms with Crippen LogP contribution < -0.4 is 0 Å². The molecule has 2 aromatic rings. The highest BCUT2D eigenvalue weighted by atomic mass is 16.2. The predicted octanol–water partition coefficient (Wildman–Crippen LogP) is 5.27. The van der Waals surface area contributed by atoms with Crippen molar-refractivity contribution in [2.24, 2.45) is 0 Å². The number of hydrogen-bond donors (Lipinski definition) is 1. The molecule has 0 atom stereocenters. The second-order valence-electron chi connectivity index (χ2n) is 6.46. The average Bonchev–Trinajstić information content (AvgIpc) is 2.62. The van der Waals surface area contributed by atoms with Gasteiger partial charge in [0.15, 0.2) is 0 Å². The summed E-state index contributed by atoms with van der Waals surface area (Å²) in [4.78, 5) is 0. The minimum Gasteiger partial charge on any atom is -0.396 e. The van der Waals surface area contributed by atoms with Crippen LogP contribution in [-0.4, -0.2) is 11.7 Å². The molecular formula is C22H26O. The molecule has 0 spiro atoms. The highest BCUT2D eigenvalue weighted by molar-refractivity contribution is 5.84. The van der Waals surface area contributed by atoms with Crippen LogP contribution in [-0.2, 0) is 12.8 Å².